The van der Waals surface area contributed by atoms with Crippen LogP contribution in [-0.2, 0) is 6.54 Å². The highest BCUT2D eigenvalue weighted by atomic mass is 35.5. The van der Waals surface area contributed by atoms with Crippen molar-refractivity contribution in [2.75, 3.05) is 13.1 Å². The Morgan fingerprint density at radius 2 is 2.10 bits per heavy atom. The van der Waals surface area contributed by atoms with Crippen molar-refractivity contribution in [3.8, 4) is 0 Å². The third-order valence-corrected chi connectivity index (χ3v) is 4.43. The van der Waals surface area contributed by atoms with E-state index in [2.05, 4.69) is 11.0 Å². The summed E-state index contributed by atoms with van der Waals surface area (Å²) in [5.74, 6) is -0.00379. The van der Waals surface area contributed by atoms with E-state index >= 15 is 0 Å². The van der Waals surface area contributed by atoms with Gasteiger partial charge in [0.05, 0.1) is 11.6 Å². The van der Waals surface area contributed by atoms with Crippen LogP contribution in [0.25, 0.3) is 0 Å². The summed E-state index contributed by atoms with van der Waals surface area (Å²) in [7, 11) is 0. The van der Waals surface area contributed by atoms with Crippen LogP contribution in [0.3, 0.4) is 0 Å². The fourth-order valence-electron chi connectivity index (χ4n) is 1.90. The number of benzene rings is 1. The second kappa shape index (κ2) is 7.23. The van der Waals surface area contributed by atoms with Gasteiger partial charge in [-0.05, 0) is 36.2 Å². The summed E-state index contributed by atoms with van der Waals surface area (Å²) in [6, 6.07) is 9.06. The molecule has 0 saturated heterocycles. The zero-order valence-corrected chi connectivity index (χ0v) is 13.4. The molecule has 106 valence electrons. The van der Waals surface area contributed by atoms with Gasteiger partial charge in [-0.3, -0.25) is 9.69 Å². The summed E-state index contributed by atoms with van der Waals surface area (Å²) in [5.41, 5.74) is 0.490. The molecule has 0 aliphatic heterocycles. The van der Waals surface area contributed by atoms with Crippen molar-refractivity contribution in [2.45, 2.75) is 13.5 Å². The summed E-state index contributed by atoms with van der Waals surface area (Å²) >= 11 is 13.7. The van der Waals surface area contributed by atoms with E-state index in [4.69, 9.17) is 23.2 Å². The van der Waals surface area contributed by atoms with Gasteiger partial charge in [0, 0.05) is 22.0 Å². The van der Waals surface area contributed by atoms with Crippen LogP contribution in [0.1, 0.15) is 22.2 Å². The van der Waals surface area contributed by atoms with Crippen molar-refractivity contribution < 1.29 is 4.79 Å². The largest absolute Gasteiger partial charge is 0.293 e. The van der Waals surface area contributed by atoms with Gasteiger partial charge in [0.2, 0.25) is 0 Å². The molecule has 1 heterocycles. The van der Waals surface area contributed by atoms with Crippen LogP contribution in [0.2, 0.25) is 10.0 Å². The number of hydrogen-bond acceptors (Lipinski definition) is 3. The molecule has 0 spiro atoms. The minimum absolute atomic E-state index is 0.00379. The molecule has 0 aliphatic rings. The van der Waals surface area contributed by atoms with E-state index in [-0.39, 0.29) is 5.78 Å². The Morgan fingerprint density at radius 3 is 2.75 bits per heavy atom. The van der Waals surface area contributed by atoms with Crippen molar-refractivity contribution >= 4 is 40.3 Å². The lowest BCUT2D eigenvalue weighted by molar-refractivity contribution is 0.0930. The number of rotatable bonds is 6. The fourth-order valence-corrected chi connectivity index (χ4v) is 3.04. The summed E-state index contributed by atoms with van der Waals surface area (Å²) in [6.45, 7) is 3.97. The second-order valence-electron chi connectivity index (χ2n) is 4.43. The zero-order chi connectivity index (χ0) is 14.5. The van der Waals surface area contributed by atoms with Gasteiger partial charge in [0.1, 0.15) is 0 Å². The number of likely N-dealkylation sites (N-methyl/N-ethyl adjacent to an activating group) is 1. The van der Waals surface area contributed by atoms with Crippen molar-refractivity contribution in [1.29, 1.82) is 0 Å². The predicted molar refractivity (Wildman–Crippen MR) is 86.1 cm³/mol. The molecule has 2 rings (SSSR count). The summed E-state index contributed by atoms with van der Waals surface area (Å²) in [6.07, 6.45) is 0. The predicted octanol–water partition coefficient (Wildman–Crippen LogP) is 4.76. The average molecular weight is 328 g/mol. The summed E-state index contributed by atoms with van der Waals surface area (Å²) in [5, 5.41) is 3.02. The van der Waals surface area contributed by atoms with E-state index in [0.29, 0.717) is 22.2 Å². The number of halogens is 2. The van der Waals surface area contributed by atoms with Crippen LogP contribution in [-0.4, -0.2) is 23.8 Å². The lowest BCUT2D eigenvalue weighted by Gasteiger charge is -2.19. The first-order valence-electron chi connectivity index (χ1n) is 6.33. The molecule has 0 aliphatic carbocycles. The molecule has 2 nitrogen and oxygen atoms in total. The zero-order valence-electron chi connectivity index (χ0n) is 11.1. The Kier molecular flexibility index (Phi) is 5.61. The third kappa shape index (κ3) is 4.06. The minimum Gasteiger partial charge on any atom is -0.293 e. The lowest BCUT2D eigenvalue weighted by atomic mass is 10.1. The molecule has 5 heteroatoms. The van der Waals surface area contributed by atoms with Crippen LogP contribution < -0.4 is 0 Å². The van der Waals surface area contributed by atoms with Crippen molar-refractivity contribution in [1.82, 2.24) is 4.90 Å². The van der Waals surface area contributed by atoms with Gasteiger partial charge in [-0.25, -0.2) is 0 Å². The topological polar surface area (TPSA) is 20.3 Å². The van der Waals surface area contributed by atoms with Crippen molar-refractivity contribution in [2.24, 2.45) is 0 Å². The number of thiophene rings is 1. The second-order valence-corrected chi connectivity index (χ2v) is 6.31. The van der Waals surface area contributed by atoms with Crippen LogP contribution in [0, 0.1) is 0 Å². The van der Waals surface area contributed by atoms with Gasteiger partial charge >= 0.3 is 0 Å². The van der Waals surface area contributed by atoms with Crippen LogP contribution in [0.4, 0.5) is 0 Å². The van der Waals surface area contributed by atoms with Crippen LogP contribution in [0.15, 0.2) is 35.7 Å². The Bertz CT molecular complexity index is 584. The smallest absolute Gasteiger partial charge is 0.178 e. The molecular weight excluding hydrogens is 313 g/mol. The van der Waals surface area contributed by atoms with E-state index in [1.54, 1.807) is 29.5 Å². The van der Waals surface area contributed by atoms with Crippen LogP contribution in [0.5, 0.6) is 0 Å². The Balaban J connectivity index is 2.07. The molecule has 1 aromatic heterocycles. The molecule has 1 aromatic carbocycles. The first kappa shape index (κ1) is 15.5. The van der Waals surface area contributed by atoms with Crippen molar-refractivity contribution in [3.63, 3.8) is 0 Å². The molecule has 0 amide bonds. The van der Waals surface area contributed by atoms with E-state index in [9.17, 15) is 4.79 Å². The average Bonchev–Trinajstić information content (AvgIpc) is 2.93. The molecule has 0 saturated carbocycles. The van der Waals surface area contributed by atoms with Gasteiger partial charge in [-0.1, -0.05) is 36.2 Å². The molecule has 0 N–H and O–H groups in total. The fraction of sp³-hybridized carbons (Fsp3) is 0.267. The number of nitrogens with zero attached hydrogens (tertiary/aromatic N) is 1. The molecule has 0 unspecified atom stereocenters. The minimum atomic E-state index is -0.00379. The maximum atomic E-state index is 12.3. The lowest BCUT2D eigenvalue weighted by Crippen LogP contribution is -2.29. The monoisotopic (exact) mass is 327 g/mol. The number of carbonyl (C=O) groups is 1. The van der Waals surface area contributed by atoms with E-state index in [0.717, 1.165) is 13.1 Å². The van der Waals surface area contributed by atoms with Gasteiger partial charge in [0.25, 0.3) is 0 Å². The quantitative estimate of drug-likeness (QED) is 0.713. The number of hydrogen-bond donors (Lipinski definition) is 0. The van der Waals surface area contributed by atoms with Gasteiger partial charge < -0.3 is 0 Å². The summed E-state index contributed by atoms with van der Waals surface area (Å²) in [4.78, 5) is 15.7. The normalized spacial score (nSPS) is 11.0. The summed E-state index contributed by atoms with van der Waals surface area (Å²) < 4.78 is 0. The first-order valence-corrected chi connectivity index (χ1v) is 7.96. The SMILES string of the molecule is CCN(CC(=O)c1cc(Cl)ccc1Cl)Cc1cccs1. The Morgan fingerprint density at radius 1 is 1.30 bits per heavy atom. The maximum absolute atomic E-state index is 12.3. The van der Waals surface area contributed by atoms with E-state index < -0.39 is 0 Å². The standard InChI is InChI=1S/C15H15Cl2NOS/c1-2-18(9-12-4-3-7-20-12)10-15(19)13-8-11(16)5-6-14(13)17/h3-8H,2,9-10H2,1H3. The molecule has 0 atom stereocenters. The molecule has 20 heavy (non-hydrogen) atoms. The van der Waals surface area contributed by atoms with Crippen LogP contribution >= 0.6 is 34.5 Å². The highest BCUT2D eigenvalue weighted by Crippen LogP contribution is 2.21. The first-order chi connectivity index (χ1) is 9.60. The van der Waals surface area contributed by atoms with Gasteiger partial charge in [-0.2, -0.15) is 0 Å². The molecule has 0 radical (unpaired) electrons. The Labute approximate surface area is 132 Å². The third-order valence-electron chi connectivity index (χ3n) is 3.00. The molecule has 2 aromatic rings. The number of Topliss-reactive ketones (excluding diaryl/α,β-unsaturated/α-hetero) is 1. The van der Waals surface area contributed by atoms with Gasteiger partial charge in [-0.15, -0.1) is 11.3 Å². The van der Waals surface area contributed by atoms with Crippen molar-refractivity contribution in [3.05, 3.63) is 56.2 Å². The molecular formula is C15H15Cl2NOS. The van der Waals surface area contributed by atoms with Gasteiger partial charge in [0.15, 0.2) is 5.78 Å². The van der Waals surface area contributed by atoms with E-state index in [1.807, 2.05) is 18.4 Å². The maximum Gasteiger partial charge on any atom is 0.178 e. The number of ketones is 1. The number of carbonyl (C=O) groups excluding carboxylic acids is 1. The highest BCUT2D eigenvalue weighted by molar-refractivity contribution is 7.09. The van der Waals surface area contributed by atoms with E-state index in [1.165, 1.54) is 4.88 Å². The Hall–Kier alpha value is -0.870. The molecule has 0 bridgehead atoms. The highest BCUT2D eigenvalue weighted by Gasteiger charge is 2.15. The molecule has 0 fully saturated rings.